The van der Waals surface area contributed by atoms with Gasteiger partial charge in [0.25, 0.3) is 0 Å². The number of allylic oxidation sites excluding steroid dienone is 8. The lowest BCUT2D eigenvalue weighted by Gasteiger charge is -2.18. The molecular weight excluding hydrogens is 765 g/mol. The Balaban J connectivity index is 1.03. The second kappa shape index (κ2) is 17.7. The average Bonchev–Trinajstić information content (AvgIpc) is 3.36. The Labute approximate surface area is 370 Å². The minimum absolute atomic E-state index is 0.110. The average molecular weight is 811 g/mol. The van der Waals surface area contributed by atoms with Crippen molar-refractivity contribution in [3.63, 3.8) is 0 Å². The zero-order valence-electron chi connectivity index (χ0n) is 35.5. The van der Waals surface area contributed by atoms with Crippen molar-refractivity contribution in [3.05, 3.63) is 228 Å². The van der Waals surface area contributed by atoms with Gasteiger partial charge in [-0.15, -0.1) is 0 Å². The highest BCUT2D eigenvalue weighted by Crippen LogP contribution is 2.37. The topological polar surface area (TPSA) is 51.6 Å². The highest BCUT2D eigenvalue weighted by atomic mass is 15.0. The second-order valence-corrected chi connectivity index (χ2v) is 16.4. The maximum atomic E-state index is 5.20. The highest BCUT2D eigenvalue weighted by Gasteiger charge is 2.18. The largest absolute Gasteiger partial charge is 0.265 e. The molecule has 0 aliphatic heterocycles. The zero-order valence-corrected chi connectivity index (χ0v) is 35.5. The van der Waals surface area contributed by atoms with E-state index in [1.54, 1.807) is 0 Å². The normalized spacial score (nSPS) is 15.1. The molecule has 2 aliphatic rings. The Bertz CT molecular complexity index is 3160. The third-order valence-electron chi connectivity index (χ3n) is 12.2. The lowest BCUT2D eigenvalue weighted by molar-refractivity contribution is 0.853. The van der Waals surface area contributed by atoms with Gasteiger partial charge in [-0.3, -0.25) is 4.98 Å². The van der Waals surface area contributed by atoms with E-state index in [1.807, 2.05) is 18.5 Å². The van der Waals surface area contributed by atoms with Crippen LogP contribution < -0.4 is 0 Å². The van der Waals surface area contributed by atoms with Crippen molar-refractivity contribution in [2.45, 2.75) is 44.9 Å². The van der Waals surface area contributed by atoms with Crippen LogP contribution in [0.25, 0.3) is 66.9 Å². The number of fused-ring (bicyclic) bond motifs is 3. The predicted molar refractivity (Wildman–Crippen MR) is 261 cm³/mol. The predicted octanol–water partition coefficient (Wildman–Crippen LogP) is 14.3. The molecule has 2 heterocycles. The molecule has 0 spiro atoms. The highest BCUT2D eigenvalue weighted by molar-refractivity contribution is 5.95. The van der Waals surface area contributed by atoms with Gasteiger partial charge in [0.2, 0.25) is 0 Å². The van der Waals surface area contributed by atoms with E-state index in [1.165, 1.54) is 44.2 Å². The summed E-state index contributed by atoms with van der Waals surface area (Å²) < 4.78 is 0. The van der Waals surface area contributed by atoms with E-state index in [0.717, 1.165) is 58.2 Å². The van der Waals surface area contributed by atoms with Crippen molar-refractivity contribution >= 4 is 21.9 Å². The zero-order chi connectivity index (χ0) is 42.5. The molecule has 2 aromatic heterocycles. The van der Waals surface area contributed by atoms with Crippen molar-refractivity contribution in [1.82, 2.24) is 19.9 Å². The Morgan fingerprint density at radius 1 is 0.683 bits per heavy atom. The number of hydrogen-bond donors (Lipinski definition) is 0. The summed E-state index contributed by atoms with van der Waals surface area (Å²) >= 11 is 0. The van der Waals surface area contributed by atoms with E-state index < -0.39 is 0 Å². The first kappa shape index (κ1) is 39.4. The van der Waals surface area contributed by atoms with Gasteiger partial charge in [0.15, 0.2) is 17.5 Å². The molecule has 10 rings (SSSR count). The molecule has 0 amide bonds. The fraction of sp³-hybridized carbons (Fsp3) is 0.119. The van der Waals surface area contributed by atoms with E-state index in [2.05, 4.69) is 207 Å². The van der Waals surface area contributed by atoms with E-state index in [9.17, 15) is 0 Å². The van der Waals surface area contributed by atoms with Crippen molar-refractivity contribution in [2.24, 2.45) is 0 Å². The summed E-state index contributed by atoms with van der Waals surface area (Å²) in [6, 6.07) is 51.7. The van der Waals surface area contributed by atoms with Crippen LogP contribution in [0.2, 0.25) is 0 Å². The maximum absolute atomic E-state index is 5.20. The van der Waals surface area contributed by atoms with Gasteiger partial charge in [-0.1, -0.05) is 164 Å². The second-order valence-electron chi connectivity index (χ2n) is 16.4. The Morgan fingerprint density at radius 3 is 2.21 bits per heavy atom. The summed E-state index contributed by atoms with van der Waals surface area (Å²) in [6.45, 7) is 4.36. The van der Waals surface area contributed by atoms with Gasteiger partial charge in [0.05, 0.1) is 0 Å². The Hall–Kier alpha value is -7.74. The van der Waals surface area contributed by atoms with Crippen LogP contribution in [-0.4, -0.2) is 19.9 Å². The van der Waals surface area contributed by atoms with Crippen molar-refractivity contribution < 1.29 is 0 Å². The molecule has 2 unspecified atom stereocenters. The lowest BCUT2D eigenvalue weighted by atomic mass is 9.86. The van der Waals surface area contributed by atoms with Crippen molar-refractivity contribution in [2.75, 3.05) is 0 Å². The summed E-state index contributed by atoms with van der Waals surface area (Å²) in [5.74, 6) is 9.15. The molecular formula is C59H46N4. The van der Waals surface area contributed by atoms with Crippen LogP contribution in [0, 0.1) is 11.8 Å². The third-order valence-corrected chi connectivity index (χ3v) is 12.2. The maximum Gasteiger partial charge on any atom is 0.164 e. The minimum atomic E-state index is 0.110. The summed E-state index contributed by atoms with van der Waals surface area (Å²) in [6.07, 6.45) is 19.8. The molecule has 0 saturated heterocycles. The smallest absolute Gasteiger partial charge is 0.164 e. The summed E-state index contributed by atoms with van der Waals surface area (Å²) in [5, 5.41) is 2.47. The van der Waals surface area contributed by atoms with E-state index >= 15 is 0 Å². The van der Waals surface area contributed by atoms with Gasteiger partial charge in [0.1, 0.15) is 0 Å². The number of rotatable bonds is 10. The van der Waals surface area contributed by atoms with Crippen LogP contribution in [0.15, 0.2) is 194 Å². The van der Waals surface area contributed by atoms with E-state index in [4.69, 9.17) is 15.0 Å². The van der Waals surface area contributed by atoms with Crippen molar-refractivity contribution in [3.8, 4) is 56.9 Å². The number of nitrogens with zero attached hydrogens (tertiary/aromatic N) is 4. The molecule has 0 N–H and O–H groups in total. The molecule has 0 bridgehead atoms. The summed E-state index contributed by atoms with van der Waals surface area (Å²) in [5.41, 5.74) is 14.7. The van der Waals surface area contributed by atoms with Gasteiger partial charge in [-0.05, 0) is 129 Å². The molecule has 8 aromatic rings. The van der Waals surface area contributed by atoms with Gasteiger partial charge >= 0.3 is 0 Å². The van der Waals surface area contributed by atoms with Gasteiger partial charge in [-0.25, -0.2) is 15.0 Å². The van der Waals surface area contributed by atoms with E-state index in [0.29, 0.717) is 23.4 Å². The van der Waals surface area contributed by atoms with Crippen LogP contribution in [0.3, 0.4) is 0 Å². The fourth-order valence-corrected chi connectivity index (χ4v) is 8.81. The first-order chi connectivity index (χ1) is 31.0. The molecule has 0 radical (unpaired) electrons. The summed E-state index contributed by atoms with van der Waals surface area (Å²) in [7, 11) is 0. The van der Waals surface area contributed by atoms with Crippen LogP contribution in [0.4, 0.5) is 0 Å². The minimum Gasteiger partial charge on any atom is -0.265 e. The molecule has 4 heteroatoms. The van der Waals surface area contributed by atoms with E-state index in [-0.39, 0.29) is 5.92 Å². The first-order valence-corrected chi connectivity index (χ1v) is 21.8. The van der Waals surface area contributed by atoms with Gasteiger partial charge < -0.3 is 0 Å². The van der Waals surface area contributed by atoms with Crippen LogP contribution in [0.5, 0.6) is 0 Å². The summed E-state index contributed by atoms with van der Waals surface area (Å²) in [4.78, 5) is 19.9. The molecule has 2 atom stereocenters. The molecule has 0 saturated carbocycles. The monoisotopic (exact) mass is 810 g/mol. The SMILES string of the molecule is C/C(=C\C(=C/C(C)c1ccc(-c2cc3ccccc3c3c2CCC#C3)cc1)c1ccncc1)c1nc(-c2cccc(-c3ccccc3)c2)nc(-c2cccc(C3C=CC=CC3)c2)n1. The molecule has 2 aliphatic carbocycles. The van der Waals surface area contributed by atoms with Crippen molar-refractivity contribution in [1.29, 1.82) is 0 Å². The first-order valence-electron chi connectivity index (χ1n) is 21.8. The fourth-order valence-electron chi connectivity index (χ4n) is 8.81. The molecule has 6 aromatic carbocycles. The third kappa shape index (κ3) is 8.47. The Kier molecular flexibility index (Phi) is 11.1. The molecule has 0 fully saturated rings. The van der Waals surface area contributed by atoms with Gasteiger partial charge in [-0.2, -0.15) is 0 Å². The molecule has 302 valence electrons. The number of aromatic nitrogens is 4. The quantitative estimate of drug-likeness (QED) is 0.102. The van der Waals surface area contributed by atoms with Gasteiger partial charge in [0, 0.05) is 41.4 Å². The van der Waals surface area contributed by atoms with Crippen LogP contribution >= 0.6 is 0 Å². The molecule has 63 heavy (non-hydrogen) atoms. The lowest BCUT2D eigenvalue weighted by Crippen LogP contribution is -2.03. The standard InChI is InChI=1S/C59H46N4/c1-40(42-27-29-46(30-28-42)56-39-49-19-9-10-24-53(49)54-25-11-12-26-55(54)56)35-52(45-31-33-60-34-32-45)36-41(2)57-61-58(50-22-13-20-47(37-50)43-15-5-3-6-16-43)63-59(62-57)51-23-14-21-48(38-51)44-17-7-4-8-18-44/h3-10,13-17,19-24,27-40,44H,12,18,26H2,1-2H3/b41-36+,52-35+. The number of hydrogen-bond acceptors (Lipinski definition) is 4. The van der Waals surface area contributed by atoms with Crippen LogP contribution in [0.1, 0.15) is 72.2 Å². The van der Waals surface area contributed by atoms with Crippen LogP contribution in [-0.2, 0) is 6.42 Å². The number of pyridine rings is 1. The molecule has 4 nitrogen and oxygen atoms in total. The Morgan fingerprint density at radius 2 is 1.41 bits per heavy atom. The number of benzene rings is 6.